The van der Waals surface area contributed by atoms with Crippen LogP contribution in [-0.4, -0.2) is 37.0 Å². The summed E-state index contributed by atoms with van der Waals surface area (Å²) in [7, 11) is -0.331. The van der Waals surface area contributed by atoms with Gasteiger partial charge in [-0.3, -0.25) is 5.10 Å². The van der Waals surface area contributed by atoms with Crippen LogP contribution in [0.1, 0.15) is 18.5 Å². The molecular weight excluding hydrogens is 276 g/mol. The summed E-state index contributed by atoms with van der Waals surface area (Å²) in [5.41, 5.74) is 1.89. The molecular formula is C13H18N4O2S. The fourth-order valence-electron chi connectivity index (χ4n) is 1.80. The van der Waals surface area contributed by atoms with Crippen molar-refractivity contribution < 1.29 is 8.42 Å². The molecule has 0 saturated carbocycles. The summed E-state index contributed by atoms with van der Waals surface area (Å²) in [6.45, 7) is 2.00. The molecule has 108 valence electrons. The topological polar surface area (TPSA) is 78.1 Å². The van der Waals surface area contributed by atoms with E-state index in [4.69, 9.17) is 0 Å². The van der Waals surface area contributed by atoms with Crippen molar-refractivity contribution in [1.29, 1.82) is 0 Å². The maximum Gasteiger partial charge on any atom is 0.242 e. The smallest absolute Gasteiger partial charge is 0.242 e. The van der Waals surface area contributed by atoms with E-state index in [1.807, 2.05) is 19.1 Å². The molecule has 0 bridgehead atoms. The number of anilines is 1. The molecule has 0 saturated heterocycles. The molecule has 0 aliphatic heterocycles. The summed E-state index contributed by atoms with van der Waals surface area (Å²) in [6, 6.07) is 6.93. The van der Waals surface area contributed by atoms with E-state index < -0.39 is 10.0 Å². The highest BCUT2D eigenvalue weighted by Gasteiger charge is 2.17. The first-order valence-electron chi connectivity index (χ1n) is 6.19. The highest BCUT2D eigenvalue weighted by atomic mass is 32.2. The summed E-state index contributed by atoms with van der Waals surface area (Å²) >= 11 is 0. The number of rotatable bonds is 5. The number of aromatic nitrogens is 2. The van der Waals surface area contributed by atoms with E-state index in [1.54, 1.807) is 24.5 Å². The maximum atomic E-state index is 12.0. The molecule has 7 heteroatoms. The van der Waals surface area contributed by atoms with Crippen LogP contribution in [0, 0.1) is 0 Å². The van der Waals surface area contributed by atoms with Gasteiger partial charge in [0.15, 0.2) is 0 Å². The van der Waals surface area contributed by atoms with E-state index in [2.05, 4.69) is 15.5 Å². The van der Waals surface area contributed by atoms with Gasteiger partial charge in [-0.25, -0.2) is 12.7 Å². The van der Waals surface area contributed by atoms with Crippen LogP contribution in [-0.2, 0) is 10.0 Å². The van der Waals surface area contributed by atoms with Crippen molar-refractivity contribution in [2.24, 2.45) is 0 Å². The molecule has 1 aromatic heterocycles. The number of hydrogen-bond donors (Lipinski definition) is 2. The summed E-state index contributed by atoms with van der Waals surface area (Å²) in [5, 5.41) is 9.86. The normalized spacial score (nSPS) is 13.4. The van der Waals surface area contributed by atoms with Crippen LogP contribution >= 0.6 is 0 Å². The molecule has 0 radical (unpaired) electrons. The van der Waals surface area contributed by atoms with Gasteiger partial charge in [-0.2, -0.15) is 5.10 Å². The standard InChI is InChI=1S/C13H18N4O2S/c1-10(16-12-8-14-15-9-12)11-4-6-13(7-5-11)20(18,19)17(2)3/h4-10,16H,1-3H3,(H,14,15). The van der Waals surface area contributed by atoms with Gasteiger partial charge in [0.1, 0.15) is 0 Å². The second-order valence-corrected chi connectivity index (χ2v) is 6.86. The molecule has 0 aliphatic rings. The fraction of sp³-hybridized carbons (Fsp3) is 0.308. The predicted octanol–water partition coefficient (Wildman–Crippen LogP) is 1.83. The molecule has 0 aliphatic carbocycles. The zero-order valence-electron chi connectivity index (χ0n) is 11.7. The van der Waals surface area contributed by atoms with Gasteiger partial charge in [-0.05, 0) is 24.6 Å². The Balaban J connectivity index is 2.16. The second-order valence-electron chi connectivity index (χ2n) is 4.71. The molecule has 1 atom stereocenters. The van der Waals surface area contributed by atoms with Crippen molar-refractivity contribution in [3.8, 4) is 0 Å². The highest BCUT2D eigenvalue weighted by Crippen LogP contribution is 2.21. The van der Waals surface area contributed by atoms with Crippen LogP contribution in [0.4, 0.5) is 5.69 Å². The number of H-pyrrole nitrogens is 1. The first-order chi connectivity index (χ1) is 9.41. The van der Waals surface area contributed by atoms with Gasteiger partial charge in [-0.1, -0.05) is 12.1 Å². The fourth-order valence-corrected chi connectivity index (χ4v) is 2.70. The molecule has 6 nitrogen and oxygen atoms in total. The van der Waals surface area contributed by atoms with Crippen molar-refractivity contribution in [3.63, 3.8) is 0 Å². The van der Waals surface area contributed by atoms with Gasteiger partial charge in [0.25, 0.3) is 0 Å². The Labute approximate surface area is 118 Å². The first-order valence-corrected chi connectivity index (χ1v) is 7.63. The van der Waals surface area contributed by atoms with E-state index in [9.17, 15) is 8.42 Å². The lowest BCUT2D eigenvalue weighted by Crippen LogP contribution is -2.22. The number of benzene rings is 1. The second kappa shape index (κ2) is 5.64. The Morgan fingerprint density at radius 3 is 2.40 bits per heavy atom. The van der Waals surface area contributed by atoms with Crippen molar-refractivity contribution >= 4 is 15.7 Å². The summed E-state index contributed by atoms with van der Waals surface area (Å²) < 4.78 is 25.1. The van der Waals surface area contributed by atoms with Gasteiger partial charge >= 0.3 is 0 Å². The molecule has 2 rings (SSSR count). The monoisotopic (exact) mass is 294 g/mol. The molecule has 0 fully saturated rings. The zero-order chi connectivity index (χ0) is 14.8. The Bertz CT molecular complexity index is 648. The summed E-state index contributed by atoms with van der Waals surface area (Å²) in [5.74, 6) is 0. The van der Waals surface area contributed by atoms with Gasteiger partial charge in [0, 0.05) is 26.3 Å². The van der Waals surface area contributed by atoms with Crippen LogP contribution in [0.15, 0.2) is 41.6 Å². The molecule has 0 amide bonds. The lowest BCUT2D eigenvalue weighted by molar-refractivity contribution is 0.520. The van der Waals surface area contributed by atoms with Crippen LogP contribution in [0.25, 0.3) is 0 Å². The summed E-state index contributed by atoms with van der Waals surface area (Å²) in [6.07, 6.45) is 3.46. The average Bonchev–Trinajstić information content (AvgIpc) is 2.91. The minimum atomic E-state index is -3.37. The molecule has 1 unspecified atom stereocenters. The van der Waals surface area contributed by atoms with Gasteiger partial charge < -0.3 is 5.32 Å². The molecule has 2 aromatic rings. The van der Waals surface area contributed by atoms with Crippen LogP contribution < -0.4 is 5.32 Å². The van der Waals surface area contributed by atoms with Crippen molar-refractivity contribution in [3.05, 3.63) is 42.2 Å². The summed E-state index contributed by atoms with van der Waals surface area (Å²) in [4.78, 5) is 0.293. The van der Waals surface area contributed by atoms with Gasteiger partial charge in [0.05, 0.1) is 16.8 Å². The van der Waals surface area contributed by atoms with E-state index >= 15 is 0 Å². The van der Waals surface area contributed by atoms with E-state index in [0.717, 1.165) is 11.3 Å². The Hall–Kier alpha value is -1.86. The number of aromatic amines is 1. The lowest BCUT2D eigenvalue weighted by Gasteiger charge is -2.15. The van der Waals surface area contributed by atoms with E-state index in [-0.39, 0.29) is 6.04 Å². The molecule has 20 heavy (non-hydrogen) atoms. The number of sulfonamides is 1. The van der Waals surface area contributed by atoms with Crippen LogP contribution in [0.5, 0.6) is 0 Å². The third kappa shape index (κ3) is 3.00. The van der Waals surface area contributed by atoms with E-state index in [1.165, 1.54) is 18.4 Å². The zero-order valence-corrected chi connectivity index (χ0v) is 12.5. The Kier molecular flexibility index (Phi) is 4.10. The van der Waals surface area contributed by atoms with Crippen LogP contribution in [0.3, 0.4) is 0 Å². The minimum absolute atomic E-state index is 0.0590. The largest absolute Gasteiger partial charge is 0.376 e. The van der Waals surface area contributed by atoms with Crippen molar-refractivity contribution in [2.75, 3.05) is 19.4 Å². The van der Waals surface area contributed by atoms with Gasteiger partial charge in [0.2, 0.25) is 10.0 Å². The SMILES string of the molecule is CC(Nc1cn[nH]c1)c1ccc(S(=O)(=O)N(C)C)cc1. The average molecular weight is 294 g/mol. The highest BCUT2D eigenvalue weighted by molar-refractivity contribution is 7.89. The van der Waals surface area contributed by atoms with Crippen LogP contribution in [0.2, 0.25) is 0 Å². The number of nitrogens with one attached hydrogen (secondary N) is 2. The molecule has 0 spiro atoms. The Morgan fingerprint density at radius 1 is 1.25 bits per heavy atom. The molecule has 1 aromatic carbocycles. The number of nitrogens with zero attached hydrogens (tertiary/aromatic N) is 2. The maximum absolute atomic E-state index is 12.0. The minimum Gasteiger partial charge on any atom is -0.376 e. The third-order valence-corrected chi connectivity index (χ3v) is 4.87. The van der Waals surface area contributed by atoms with Gasteiger partial charge in [-0.15, -0.1) is 0 Å². The number of hydrogen-bond acceptors (Lipinski definition) is 4. The third-order valence-electron chi connectivity index (χ3n) is 3.04. The lowest BCUT2D eigenvalue weighted by atomic mass is 10.1. The molecule has 1 heterocycles. The predicted molar refractivity (Wildman–Crippen MR) is 77.9 cm³/mol. The Morgan fingerprint density at radius 2 is 1.90 bits per heavy atom. The quantitative estimate of drug-likeness (QED) is 0.882. The van der Waals surface area contributed by atoms with Crippen molar-refractivity contribution in [1.82, 2.24) is 14.5 Å². The van der Waals surface area contributed by atoms with E-state index in [0.29, 0.717) is 4.90 Å². The molecule has 2 N–H and O–H groups in total. The first kappa shape index (κ1) is 14.5. The van der Waals surface area contributed by atoms with Crippen molar-refractivity contribution in [2.45, 2.75) is 17.9 Å².